The van der Waals surface area contributed by atoms with Crippen LogP contribution in [-0.2, 0) is 10.0 Å². The summed E-state index contributed by atoms with van der Waals surface area (Å²) in [5.74, 6) is 1.50. The standard InChI is InChI=1S/C13H18ClNO4S/c1-2-15(7-3-6-14)20(16,17)11-4-5-12-13(10-11)19-9-8-18-12/h4-5,10H,2-3,6-9H2,1H3. The van der Waals surface area contributed by atoms with Crippen LogP contribution in [0.5, 0.6) is 11.5 Å². The quantitative estimate of drug-likeness (QED) is 0.753. The maximum absolute atomic E-state index is 12.5. The lowest BCUT2D eigenvalue weighted by atomic mass is 10.3. The van der Waals surface area contributed by atoms with Gasteiger partial charge in [-0.05, 0) is 18.6 Å². The van der Waals surface area contributed by atoms with Crippen LogP contribution in [0.1, 0.15) is 13.3 Å². The highest BCUT2D eigenvalue weighted by Gasteiger charge is 2.24. The second-order valence-electron chi connectivity index (χ2n) is 4.34. The lowest BCUT2D eigenvalue weighted by Crippen LogP contribution is -2.32. The molecule has 0 amide bonds. The van der Waals surface area contributed by atoms with Crippen molar-refractivity contribution in [3.05, 3.63) is 18.2 Å². The summed E-state index contributed by atoms with van der Waals surface area (Å²) in [4.78, 5) is 0.221. The van der Waals surface area contributed by atoms with Crippen LogP contribution < -0.4 is 9.47 Å². The van der Waals surface area contributed by atoms with E-state index in [2.05, 4.69) is 0 Å². The zero-order chi connectivity index (χ0) is 14.6. The molecule has 5 nitrogen and oxygen atoms in total. The van der Waals surface area contributed by atoms with Gasteiger partial charge in [0.25, 0.3) is 0 Å². The molecule has 1 aliphatic rings. The number of alkyl halides is 1. The Morgan fingerprint density at radius 2 is 1.95 bits per heavy atom. The molecule has 7 heteroatoms. The Labute approximate surface area is 124 Å². The molecule has 0 saturated carbocycles. The molecule has 0 spiro atoms. The Morgan fingerprint density at radius 1 is 1.25 bits per heavy atom. The number of benzene rings is 1. The maximum Gasteiger partial charge on any atom is 0.243 e. The predicted octanol–water partition coefficient (Wildman–Crippen LogP) is 2.10. The van der Waals surface area contributed by atoms with Gasteiger partial charge in [-0.15, -0.1) is 11.6 Å². The fourth-order valence-electron chi connectivity index (χ4n) is 2.02. The van der Waals surface area contributed by atoms with E-state index in [0.717, 1.165) is 0 Å². The Balaban J connectivity index is 2.28. The Morgan fingerprint density at radius 3 is 2.60 bits per heavy atom. The van der Waals surface area contributed by atoms with Gasteiger partial charge in [-0.2, -0.15) is 4.31 Å². The van der Waals surface area contributed by atoms with Gasteiger partial charge in [-0.25, -0.2) is 8.42 Å². The van der Waals surface area contributed by atoms with E-state index in [0.29, 0.717) is 50.1 Å². The summed E-state index contributed by atoms with van der Waals surface area (Å²) in [6.45, 7) is 3.55. The van der Waals surface area contributed by atoms with Crippen molar-refractivity contribution >= 4 is 21.6 Å². The topological polar surface area (TPSA) is 55.8 Å². The third-order valence-electron chi connectivity index (χ3n) is 3.05. The van der Waals surface area contributed by atoms with Crippen LogP contribution in [0.3, 0.4) is 0 Å². The van der Waals surface area contributed by atoms with Crippen LogP contribution in [0, 0.1) is 0 Å². The predicted molar refractivity (Wildman–Crippen MR) is 77.2 cm³/mol. The van der Waals surface area contributed by atoms with Gasteiger partial charge in [0.15, 0.2) is 11.5 Å². The number of nitrogens with zero attached hydrogens (tertiary/aromatic N) is 1. The van der Waals surface area contributed by atoms with Crippen LogP contribution >= 0.6 is 11.6 Å². The fourth-order valence-corrected chi connectivity index (χ4v) is 3.64. The third kappa shape index (κ3) is 3.19. The first-order valence-corrected chi connectivity index (χ1v) is 8.53. The van der Waals surface area contributed by atoms with E-state index in [4.69, 9.17) is 21.1 Å². The second kappa shape index (κ2) is 6.65. The van der Waals surface area contributed by atoms with E-state index in [1.807, 2.05) is 6.92 Å². The van der Waals surface area contributed by atoms with Crippen LogP contribution in [0.4, 0.5) is 0 Å². The minimum absolute atomic E-state index is 0.221. The molecule has 0 bridgehead atoms. The minimum Gasteiger partial charge on any atom is -0.486 e. The summed E-state index contributed by atoms with van der Waals surface area (Å²) in [5.41, 5.74) is 0. The van der Waals surface area contributed by atoms with Gasteiger partial charge in [0.05, 0.1) is 4.90 Å². The summed E-state index contributed by atoms with van der Waals surface area (Å²) in [6, 6.07) is 4.70. The van der Waals surface area contributed by atoms with Crippen molar-refractivity contribution in [3.8, 4) is 11.5 Å². The summed E-state index contributed by atoms with van der Waals surface area (Å²) < 4.78 is 37.3. The van der Waals surface area contributed by atoms with Gasteiger partial charge in [0, 0.05) is 25.0 Å². The lowest BCUT2D eigenvalue weighted by molar-refractivity contribution is 0.171. The second-order valence-corrected chi connectivity index (χ2v) is 6.66. The molecule has 2 rings (SSSR count). The molecular weight excluding hydrogens is 302 g/mol. The molecule has 0 saturated heterocycles. The average molecular weight is 320 g/mol. The fraction of sp³-hybridized carbons (Fsp3) is 0.538. The molecule has 0 unspecified atom stereocenters. The van der Waals surface area contributed by atoms with Gasteiger partial charge >= 0.3 is 0 Å². The number of halogens is 1. The summed E-state index contributed by atoms with van der Waals surface area (Å²) in [5, 5.41) is 0. The number of hydrogen-bond donors (Lipinski definition) is 0. The van der Waals surface area contributed by atoms with Gasteiger partial charge in [0.1, 0.15) is 13.2 Å². The first-order valence-electron chi connectivity index (χ1n) is 6.55. The van der Waals surface area contributed by atoms with E-state index in [9.17, 15) is 8.42 Å². The highest BCUT2D eigenvalue weighted by Crippen LogP contribution is 2.33. The zero-order valence-corrected chi connectivity index (χ0v) is 12.9. The first kappa shape index (κ1) is 15.4. The number of hydrogen-bond acceptors (Lipinski definition) is 4. The largest absolute Gasteiger partial charge is 0.486 e. The minimum atomic E-state index is -3.52. The van der Waals surface area contributed by atoms with Crippen molar-refractivity contribution in [2.24, 2.45) is 0 Å². The molecular formula is C13H18ClNO4S. The van der Waals surface area contributed by atoms with Crippen molar-refractivity contribution in [3.63, 3.8) is 0 Å². The smallest absolute Gasteiger partial charge is 0.243 e. The number of ether oxygens (including phenoxy) is 2. The van der Waals surface area contributed by atoms with Crippen molar-refractivity contribution in [2.45, 2.75) is 18.2 Å². The molecule has 20 heavy (non-hydrogen) atoms. The van der Waals surface area contributed by atoms with E-state index in [-0.39, 0.29) is 4.90 Å². The van der Waals surface area contributed by atoms with E-state index in [1.54, 1.807) is 12.1 Å². The number of fused-ring (bicyclic) bond motifs is 1. The molecule has 1 heterocycles. The zero-order valence-electron chi connectivity index (χ0n) is 11.3. The average Bonchev–Trinajstić information content (AvgIpc) is 2.47. The number of rotatable bonds is 6. The molecule has 1 aromatic carbocycles. The van der Waals surface area contributed by atoms with Crippen LogP contribution in [0.2, 0.25) is 0 Å². The lowest BCUT2D eigenvalue weighted by Gasteiger charge is -2.22. The van der Waals surface area contributed by atoms with Gasteiger partial charge in [0.2, 0.25) is 10.0 Å². The molecule has 0 atom stereocenters. The van der Waals surface area contributed by atoms with Gasteiger partial charge < -0.3 is 9.47 Å². The van der Waals surface area contributed by atoms with Gasteiger partial charge in [-0.1, -0.05) is 6.92 Å². The van der Waals surface area contributed by atoms with Gasteiger partial charge in [-0.3, -0.25) is 0 Å². The Hall–Kier alpha value is -0.980. The molecule has 0 aromatic heterocycles. The Bertz CT molecular complexity index is 561. The highest BCUT2D eigenvalue weighted by molar-refractivity contribution is 7.89. The molecule has 0 N–H and O–H groups in total. The van der Waals surface area contributed by atoms with E-state index < -0.39 is 10.0 Å². The summed E-state index contributed by atoms with van der Waals surface area (Å²) in [6.07, 6.45) is 0.624. The molecule has 0 radical (unpaired) electrons. The molecule has 1 aliphatic heterocycles. The summed E-state index contributed by atoms with van der Waals surface area (Å²) in [7, 11) is -3.52. The van der Waals surface area contributed by atoms with Crippen LogP contribution in [-0.4, -0.2) is 44.9 Å². The van der Waals surface area contributed by atoms with Crippen LogP contribution in [0.25, 0.3) is 0 Å². The Kier molecular flexibility index (Phi) is 5.12. The monoisotopic (exact) mass is 319 g/mol. The van der Waals surface area contributed by atoms with Crippen molar-refractivity contribution in [2.75, 3.05) is 32.2 Å². The highest BCUT2D eigenvalue weighted by atomic mass is 35.5. The van der Waals surface area contributed by atoms with E-state index in [1.165, 1.54) is 10.4 Å². The van der Waals surface area contributed by atoms with E-state index >= 15 is 0 Å². The normalized spacial score (nSPS) is 14.6. The SMILES string of the molecule is CCN(CCCCl)S(=O)(=O)c1ccc2c(c1)OCCO2. The summed E-state index contributed by atoms with van der Waals surface area (Å²) >= 11 is 5.64. The molecule has 0 aliphatic carbocycles. The first-order chi connectivity index (χ1) is 9.59. The molecule has 1 aromatic rings. The van der Waals surface area contributed by atoms with Crippen LogP contribution in [0.15, 0.2) is 23.1 Å². The third-order valence-corrected chi connectivity index (χ3v) is 5.28. The van der Waals surface area contributed by atoms with Crippen molar-refractivity contribution < 1.29 is 17.9 Å². The molecule has 0 fully saturated rings. The number of sulfonamides is 1. The maximum atomic E-state index is 12.5. The molecule has 112 valence electrons. The van der Waals surface area contributed by atoms with Crippen molar-refractivity contribution in [1.82, 2.24) is 4.31 Å². The van der Waals surface area contributed by atoms with Crippen molar-refractivity contribution in [1.29, 1.82) is 0 Å².